The number of aryl methyl sites for hydroxylation is 4. The second-order valence-corrected chi connectivity index (χ2v) is 12.1. The first kappa shape index (κ1) is 38.9. The molecule has 5 heterocycles. The fourth-order valence-corrected chi connectivity index (χ4v) is 5.55. The predicted octanol–water partition coefficient (Wildman–Crippen LogP) is 5.23. The van der Waals surface area contributed by atoms with Crippen molar-refractivity contribution < 1.29 is 19.1 Å². The molecule has 0 bridgehead atoms. The molecule has 0 fully saturated rings. The summed E-state index contributed by atoms with van der Waals surface area (Å²) in [4.78, 5) is 29.5. The largest absolute Gasteiger partial charge is 0.465 e. The van der Waals surface area contributed by atoms with Gasteiger partial charge in [-0.05, 0) is 38.2 Å². The number of nitrogens with zero attached hydrogens (tertiary/aromatic N) is 15. The van der Waals surface area contributed by atoms with E-state index < -0.39 is 11.9 Å². The number of pyridine rings is 1. The van der Waals surface area contributed by atoms with Crippen LogP contribution in [-0.2, 0) is 36.4 Å². The number of ether oxygens (including phenoxy) is 2. The molecule has 0 aromatic carbocycles. The van der Waals surface area contributed by atoms with Crippen molar-refractivity contribution in [2.75, 3.05) is 25.7 Å². The number of azo groups is 2. The molecule has 0 radical (unpaired) electrons. The van der Waals surface area contributed by atoms with Gasteiger partial charge in [0.05, 0.1) is 38.0 Å². The highest BCUT2D eigenvalue weighted by atomic mass is 16.5. The maximum absolute atomic E-state index is 12.4. The molecule has 0 saturated carbocycles. The Bertz CT molecular complexity index is 2250. The molecule has 0 atom stereocenters. The zero-order valence-electron chi connectivity index (χ0n) is 31.4. The van der Waals surface area contributed by atoms with Gasteiger partial charge in [-0.2, -0.15) is 40.3 Å². The van der Waals surface area contributed by atoms with Crippen LogP contribution in [0.3, 0.4) is 0 Å². The summed E-state index contributed by atoms with van der Waals surface area (Å²) in [7, 11) is 5.67. The summed E-state index contributed by atoms with van der Waals surface area (Å²) >= 11 is 0. The molecule has 4 N–H and O–H groups in total. The lowest BCUT2D eigenvalue weighted by molar-refractivity contribution is 0.0592. The van der Waals surface area contributed by atoms with Gasteiger partial charge in [0.2, 0.25) is 0 Å². The third-order valence-corrected chi connectivity index (χ3v) is 8.61. The molecule has 21 heteroatoms. The van der Waals surface area contributed by atoms with Crippen molar-refractivity contribution in [2.24, 2.45) is 34.6 Å². The first-order valence-electron chi connectivity index (χ1n) is 17.1. The fraction of sp³-hybridized carbons (Fsp3) is 0.382. The number of nitrogen functional groups attached to an aromatic ring is 2. The number of anilines is 2. The van der Waals surface area contributed by atoms with Crippen molar-refractivity contribution in [1.29, 1.82) is 10.5 Å². The zero-order chi connectivity index (χ0) is 40.0. The number of esters is 2. The van der Waals surface area contributed by atoms with Gasteiger partial charge in [-0.1, -0.05) is 26.7 Å². The van der Waals surface area contributed by atoms with Crippen molar-refractivity contribution >= 4 is 46.6 Å². The molecule has 5 aromatic rings. The molecule has 284 valence electrons. The number of carbonyl (C=O) groups excluding carboxylic acids is 2. The number of rotatable bonds is 14. The smallest absolute Gasteiger partial charge is 0.343 e. The number of aromatic nitrogens is 9. The minimum Gasteiger partial charge on any atom is -0.465 e. The lowest BCUT2D eigenvalue weighted by atomic mass is 10.1. The van der Waals surface area contributed by atoms with Crippen LogP contribution in [0, 0.1) is 29.6 Å². The van der Waals surface area contributed by atoms with E-state index in [-0.39, 0.29) is 74.1 Å². The van der Waals surface area contributed by atoms with Crippen molar-refractivity contribution in [1.82, 2.24) is 44.1 Å². The van der Waals surface area contributed by atoms with Gasteiger partial charge in [0.15, 0.2) is 46.3 Å². The Hall–Kier alpha value is -7.29. The van der Waals surface area contributed by atoms with Crippen molar-refractivity contribution in [3.8, 4) is 23.8 Å². The van der Waals surface area contributed by atoms with Crippen LogP contribution in [0.2, 0.25) is 0 Å². The van der Waals surface area contributed by atoms with Crippen LogP contribution >= 0.6 is 0 Å². The minimum atomic E-state index is -0.649. The summed E-state index contributed by atoms with van der Waals surface area (Å²) in [5, 5.41) is 55.8. The highest BCUT2D eigenvalue weighted by Crippen LogP contribution is 2.37. The highest BCUT2D eigenvalue weighted by Gasteiger charge is 2.28. The third-order valence-electron chi connectivity index (χ3n) is 8.61. The molecule has 55 heavy (non-hydrogen) atoms. The molecular formula is C34H39N17O4. The van der Waals surface area contributed by atoms with E-state index in [1.165, 1.54) is 45.3 Å². The molecule has 5 aromatic heterocycles. The Labute approximate surface area is 314 Å². The standard InChI is InChI=1S/C34H39N17O4/c1-8-10-12-23-25(42-44-31-21(33(52)54-6)16-39-48(31)4)27(37)50(46-23)29-19(14-35)18(3)20(15-36)30(41-29)51-28(38)26(24(47-51)13-11-9-2)43-45-32-22(34(53)55-7)17-40-49(32)5/h16-17H,8-13,37-38H2,1-7H3. The highest BCUT2D eigenvalue weighted by molar-refractivity contribution is 5.94. The van der Waals surface area contributed by atoms with E-state index in [1.807, 2.05) is 13.8 Å². The molecule has 0 amide bonds. The quantitative estimate of drug-likeness (QED) is 0.109. The number of nitriles is 2. The maximum Gasteiger partial charge on any atom is 0.343 e. The van der Waals surface area contributed by atoms with Crippen LogP contribution in [0.1, 0.15) is 88.3 Å². The van der Waals surface area contributed by atoms with Crippen LogP contribution in [0.4, 0.5) is 34.6 Å². The second kappa shape index (κ2) is 16.6. The van der Waals surface area contributed by atoms with E-state index in [0.717, 1.165) is 25.7 Å². The van der Waals surface area contributed by atoms with Crippen LogP contribution < -0.4 is 11.5 Å². The molecule has 0 saturated heterocycles. The second-order valence-electron chi connectivity index (χ2n) is 12.1. The Kier molecular flexibility index (Phi) is 11.7. The van der Waals surface area contributed by atoms with Gasteiger partial charge >= 0.3 is 11.9 Å². The SMILES string of the molecule is CCCCc1nn(-c2nc(-n3nc(CCCC)c(N=Nc4c(C(=O)OC)cnn4C)c3N)c(C#N)c(C)c2C#N)c(N)c1N=Nc1c(C(=O)OC)cnn1C. The van der Waals surface area contributed by atoms with Gasteiger partial charge in [-0.3, -0.25) is 0 Å². The summed E-state index contributed by atoms with van der Waals surface area (Å²) < 4.78 is 14.9. The predicted molar refractivity (Wildman–Crippen MR) is 196 cm³/mol. The van der Waals surface area contributed by atoms with Gasteiger partial charge < -0.3 is 20.9 Å². The normalized spacial score (nSPS) is 11.4. The average Bonchev–Trinajstić information content (AvgIpc) is 3.92. The summed E-state index contributed by atoms with van der Waals surface area (Å²) in [6.45, 7) is 5.62. The minimum absolute atomic E-state index is 0.0140. The fourth-order valence-electron chi connectivity index (χ4n) is 5.55. The van der Waals surface area contributed by atoms with Crippen LogP contribution in [0.5, 0.6) is 0 Å². The zero-order valence-corrected chi connectivity index (χ0v) is 31.4. The van der Waals surface area contributed by atoms with Gasteiger partial charge in [-0.15, -0.1) is 20.5 Å². The number of carbonyl (C=O) groups is 2. The first-order valence-corrected chi connectivity index (χ1v) is 17.1. The molecule has 0 unspecified atom stereocenters. The van der Waals surface area contributed by atoms with Crippen molar-refractivity contribution in [2.45, 2.75) is 59.3 Å². The van der Waals surface area contributed by atoms with Crippen LogP contribution in [0.15, 0.2) is 32.9 Å². The van der Waals surface area contributed by atoms with Gasteiger partial charge in [0.1, 0.15) is 34.4 Å². The van der Waals surface area contributed by atoms with Crippen molar-refractivity contribution in [3.63, 3.8) is 0 Å². The molecule has 5 rings (SSSR count). The Balaban J connectivity index is 1.71. The Morgan fingerprint density at radius 1 is 0.745 bits per heavy atom. The van der Waals surface area contributed by atoms with E-state index in [9.17, 15) is 20.1 Å². The number of methoxy groups -OCH3 is 2. The number of unbranched alkanes of at least 4 members (excludes halogenated alkanes) is 2. The lowest BCUT2D eigenvalue weighted by Crippen LogP contribution is -2.15. The summed E-state index contributed by atoms with van der Waals surface area (Å²) in [5.41, 5.74) is 15.1. The van der Waals surface area contributed by atoms with Crippen LogP contribution in [-0.4, -0.2) is 70.3 Å². The summed E-state index contributed by atoms with van der Waals surface area (Å²) in [5.74, 6) is -1.12. The number of nitrogens with two attached hydrogens (primary N) is 2. The van der Waals surface area contributed by atoms with Crippen LogP contribution in [0.25, 0.3) is 11.6 Å². The van der Waals surface area contributed by atoms with Gasteiger partial charge in [0, 0.05) is 14.1 Å². The molecule has 21 nitrogen and oxygen atoms in total. The van der Waals surface area contributed by atoms with E-state index in [4.69, 9.17) is 36.1 Å². The van der Waals surface area contributed by atoms with E-state index in [1.54, 1.807) is 21.0 Å². The Morgan fingerprint density at radius 3 is 1.49 bits per heavy atom. The summed E-state index contributed by atoms with van der Waals surface area (Å²) in [6.07, 6.45) is 6.59. The maximum atomic E-state index is 12.4. The molecule has 0 spiro atoms. The number of hydrogen-bond donors (Lipinski definition) is 2. The van der Waals surface area contributed by atoms with E-state index >= 15 is 0 Å². The monoisotopic (exact) mass is 749 g/mol. The van der Waals surface area contributed by atoms with E-state index in [2.05, 4.69) is 42.8 Å². The molecule has 0 aliphatic carbocycles. The Morgan fingerprint density at radius 2 is 1.15 bits per heavy atom. The molecule has 0 aliphatic rings. The van der Waals surface area contributed by atoms with E-state index in [0.29, 0.717) is 24.2 Å². The average molecular weight is 750 g/mol. The van der Waals surface area contributed by atoms with Gasteiger partial charge in [-0.25, -0.2) is 23.9 Å². The lowest BCUT2D eigenvalue weighted by Gasteiger charge is -2.14. The molecule has 0 aliphatic heterocycles. The summed E-state index contributed by atoms with van der Waals surface area (Å²) in [6, 6.07) is 4.27. The van der Waals surface area contributed by atoms with Gasteiger partial charge in [0.25, 0.3) is 0 Å². The van der Waals surface area contributed by atoms with Crippen molar-refractivity contribution in [3.05, 3.63) is 51.6 Å². The number of hydrogen-bond acceptors (Lipinski definition) is 17. The topological polar surface area (TPSA) is 286 Å². The third kappa shape index (κ3) is 7.35. The first-order chi connectivity index (χ1) is 26.4. The molecular weight excluding hydrogens is 710 g/mol.